The number of hydrogen-bond acceptors (Lipinski definition) is 7. The van der Waals surface area contributed by atoms with Crippen LogP contribution in [0.5, 0.6) is 5.75 Å². The molecule has 4 fully saturated rings. The zero-order valence-electron chi connectivity index (χ0n) is 32.4. The van der Waals surface area contributed by atoms with Gasteiger partial charge in [-0.05, 0) is 96.7 Å². The van der Waals surface area contributed by atoms with E-state index in [0.29, 0.717) is 17.9 Å². The molecule has 0 aromatic heterocycles. The lowest BCUT2D eigenvalue weighted by atomic mass is 9.89. The molecule has 4 saturated heterocycles. The summed E-state index contributed by atoms with van der Waals surface area (Å²) < 4.78 is 0. The molecule has 0 radical (unpaired) electrons. The Hall–Kier alpha value is -5.41. The Morgan fingerprint density at radius 2 is 1.64 bits per heavy atom. The predicted molar refractivity (Wildman–Crippen MR) is 220 cm³/mol. The summed E-state index contributed by atoms with van der Waals surface area (Å²) in [5.74, 6) is -0.122. The predicted octanol–water partition coefficient (Wildman–Crippen LogP) is 6.70. The Morgan fingerprint density at radius 1 is 0.945 bits per heavy atom. The smallest absolute Gasteiger partial charge is 0.254 e. The number of piperidine rings is 2. The number of benzene rings is 2. The van der Waals surface area contributed by atoms with Crippen LogP contribution in [0.15, 0.2) is 127 Å². The van der Waals surface area contributed by atoms with Gasteiger partial charge in [-0.3, -0.25) is 24.6 Å². The van der Waals surface area contributed by atoms with E-state index in [1.165, 1.54) is 11.1 Å². The summed E-state index contributed by atoms with van der Waals surface area (Å²) in [6, 6.07) is 17.9. The number of phenols is 1. The Balaban J connectivity index is 1.01. The number of hydrogen-bond donors (Lipinski definition) is 2. The minimum Gasteiger partial charge on any atom is -0.508 e. The van der Waals surface area contributed by atoms with E-state index in [-0.39, 0.29) is 30.5 Å². The van der Waals surface area contributed by atoms with Gasteiger partial charge in [0.1, 0.15) is 11.3 Å². The number of nitrogens with one attached hydrogen (secondary N) is 1. The number of piperazine rings is 1. The van der Waals surface area contributed by atoms with Crippen molar-refractivity contribution in [1.82, 2.24) is 24.9 Å². The highest BCUT2D eigenvalue weighted by molar-refractivity contribution is 6.08. The number of nitrogens with zero attached hydrogens (tertiary/aromatic N) is 4. The molecule has 4 aliphatic heterocycles. The first-order chi connectivity index (χ1) is 26.5. The van der Waals surface area contributed by atoms with Crippen LogP contribution < -0.4 is 5.32 Å². The molecule has 2 aromatic rings. The summed E-state index contributed by atoms with van der Waals surface area (Å²) in [7, 11) is 0. The zero-order valence-corrected chi connectivity index (χ0v) is 32.4. The van der Waals surface area contributed by atoms with Crippen LogP contribution in [0, 0.1) is 5.92 Å². The topological polar surface area (TPSA) is 96.4 Å². The highest BCUT2D eigenvalue weighted by atomic mass is 16.3. The zero-order chi connectivity index (χ0) is 39.1. The van der Waals surface area contributed by atoms with Gasteiger partial charge in [-0.2, -0.15) is 0 Å². The third kappa shape index (κ3) is 8.94. The van der Waals surface area contributed by atoms with E-state index in [4.69, 9.17) is 0 Å². The molecule has 288 valence electrons. The molecule has 2 aromatic carbocycles. The van der Waals surface area contributed by atoms with Crippen molar-refractivity contribution in [2.45, 2.75) is 51.5 Å². The van der Waals surface area contributed by atoms with Gasteiger partial charge in [0.2, 0.25) is 5.91 Å². The van der Waals surface area contributed by atoms with E-state index in [1.54, 1.807) is 24.0 Å². The fraction of sp³-hybridized carbons (Fsp3) is 0.370. The number of likely N-dealkylation sites (tertiary alicyclic amines) is 2. The molecule has 2 N–H and O–H groups in total. The van der Waals surface area contributed by atoms with Crippen LogP contribution in [-0.2, 0) is 14.4 Å². The third-order valence-corrected chi connectivity index (χ3v) is 11.7. The quantitative estimate of drug-likeness (QED) is 0.108. The number of carbonyl (C=O) groups excluding carboxylic acids is 3. The summed E-state index contributed by atoms with van der Waals surface area (Å²) in [6.45, 7) is 23.3. The minimum atomic E-state index is -1.08. The highest BCUT2D eigenvalue weighted by Gasteiger charge is 2.49. The van der Waals surface area contributed by atoms with Gasteiger partial charge in [-0.1, -0.05) is 81.3 Å². The van der Waals surface area contributed by atoms with Crippen LogP contribution >= 0.6 is 0 Å². The maximum atomic E-state index is 13.2. The molecule has 0 saturated carbocycles. The van der Waals surface area contributed by atoms with Crippen LogP contribution in [0.25, 0.3) is 11.1 Å². The highest BCUT2D eigenvalue weighted by Crippen LogP contribution is 2.35. The van der Waals surface area contributed by atoms with Gasteiger partial charge in [0.15, 0.2) is 0 Å². The van der Waals surface area contributed by atoms with E-state index in [1.807, 2.05) is 30.4 Å². The third-order valence-electron chi connectivity index (χ3n) is 11.7. The number of rotatable bonds is 12. The van der Waals surface area contributed by atoms with Crippen molar-refractivity contribution in [2.75, 3.05) is 52.4 Å². The first-order valence-corrected chi connectivity index (χ1v) is 19.6. The minimum absolute atomic E-state index is 0.205. The molecule has 4 heterocycles. The second kappa shape index (κ2) is 17.4. The number of carbonyl (C=O) groups is 3. The van der Waals surface area contributed by atoms with Crippen LogP contribution in [0.2, 0.25) is 0 Å². The number of imide groups is 1. The Morgan fingerprint density at radius 3 is 2.27 bits per heavy atom. The first-order valence-electron chi connectivity index (χ1n) is 19.6. The van der Waals surface area contributed by atoms with Crippen molar-refractivity contribution < 1.29 is 19.5 Å². The summed E-state index contributed by atoms with van der Waals surface area (Å²) in [6.07, 6.45) is 14.0. The maximum Gasteiger partial charge on any atom is 0.254 e. The number of amides is 3. The van der Waals surface area contributed by atoms with Gasteiger partial charge >= 0.3 is 0 Å². The summed E-state index contributed by atoms with van der Waals surface area (Å²) in [4.78, 5) is 46.4. The molecule has 9 heteroatoms. The molecular formula is C46H55N5O4. The largest absolute Gasteiger partial charge is 0.508 e. The van der Waals surface area contributed by atoms with E-state index < -0.39 is 11.4 Å². The number of allylic oxidation sites excluding steroid dienone is 7. The molecule has 3 amide bonds. The molecule has 6 rings (SSSR count). The van der Waals surface area contributed by atoms with Gasteiger partial charge in [-0.15, -0.1) is 0 Å². The van der Waals surface area contributed by atoms with E-state index in [0.717, 1.165) is 93.2 Å². The van der Waals surface area contributed by atoms with Crippen molar-refractivity contribution in [3.63, 3.8) is 0 Å². The molecule has 1 atom stereocenters. The van der Waals surface area contributed by atoms with E-state index in [2.05, 4.69) is 89.2 Å². The van der Waals surface area contributed by atoms with Crippen LogP contribution in [0.1, 0.15) is 57.1 Å². The molecule has 9 nitrogen and oxygen atoms in total. The normalized spacial score (nSPS) is 23.1. The van der Waals surface area contributed by atoms with Gasteiger partial charge in [-0.25, -0.2) is 0 Å². The lowest BCUT2D eigenvalue weighted by molar-refractivity contribution is -0.149. The standard InChI is InChI=1S/C46H55N5O4/c1-6-39(14-11-15-42(37-16-18-40(52)19-17-37)41(7-2)36-12-9-8-10-13-36)50-24-21-35(22-25-50)31-48-26-28-49(29-27-48)33(3)30-38-32-51(44(54)34(38)4)46(5)23-20-43(53)47-45(46)55/h6,8-19,30,35,52H,1,3-4,7,20-29,31-32H2,2,5H3,(H,47,53,55)/b15-11+,38-30-,39-14+,42-41+. The van der Waals surface area contributed by atoms with Crippen molar-refractivity contribution >= 4 is 28.9 Å². The van der Waals surface area contributed by atoms with E-state index in [9.17, 15) is 19.5 Å². The Kier molecular flexibility index (Phi) is 12.4. The van der Waals surface area contributed by atoms with E-state index >= 15 is 0 Å². The summed E-state index contributed by atoms with van der Waals surface area (Å²) >= 11 is 0. The molecule has 4 aliphatic rings. The Labute approximate surface area is 326 Å². The van der Waals surface area contributed by atoms with Crippen LogP contribution in [0.3, 0.4) is 0 Å². The second-order valence-electron chi connectivity index (χ2n) is 15.2. The molecule has 0 bridgehead atoms. The van der Waals surface area contributed by atoms with Gasteiger partial charge < -0.3 is 19.8 Å². The average Bonchev–Trinajstić information content (AvgIpc) is 3.48. The fourth-order valence-electron chi connectivity index (χ4n) is 8.22. The van der Waals surface area contributed by atoms with Crippen molar-refractivity contribution in [3.8, 4) is 5.75 Å². The second-order valence-corrected chi connectivity index (χ2v) is 15.2. The van der Waals surface area contributed by atoms with Gasteiger partial charge in [0, 0.05) is 75.7 Å². The Bertz CT molecular complexity index is 1930. The number of aromatic hydroxyl groups is 1. The molecular weight excluding hydrogens is 687 g/mol. The first kappa shape index (κ1) is 39.3. The summed E-state index contributed by atoms with van der Waals surface area (Å²) in [5.41, 5.74) is 6.69. The SMILES string of the molecule is C=C\C(=C/C=C/C(=C(/CC)c1ccccc1)c1ccc(O)cc1)N1CCC(CN2CCN(C(=C)/C=C3/CN(C4(C)CCC(=O)NC4=O)C(=O)C3=C)CC2)CC1. The van der Waals surface area contributed by atoms with Gasteiger partial charge in [0.05, 0.1) is 0 Å². The monoisotopic (exact) mass is 741 g/mol. The van der Waals surface area contributed by atoms with Crippen molar-refractivity contribution in [3.05, 3.63) is 138 Å². The lowest BCUT2D eigenvalue weighted by Crippen LogP contribution is -2.61. The fourth-order valence-corrected chi connectivity index (χ4v) is 8.22. The molecule has 55 heavy (non-hydrogen) atoms. The summed E-state index contributed by atoms with van der Waals surface area (Å²) in [5, 5.41) is 12.3. The van der Waals surface area contributed by atoms with Crippen molar-refractivity contribution in [2.24, 2.45) is 5.92 Å². The van der Waals surface area contributed by atoms with Crippen LogP contribution in [-0.4, -0.2) is 100 Å². The molecule has 1 unspecified atom stereocenters. The molecule has 0 spiro atoms. The lowest BCUT2D eigenvalue weighted by Gasteiger charge is -2.40. The molecule has 0 aliphatic carbocycles. The van der Waals surface area contributed by atoms with Crippen molar-refractivity contribution in [1.29, 1.82) is 0 Å². The maximum absolute atomic E-state index is 13.2. The number of phenolic OH excluding ortho intramolecular Hbond substituents is 1. The average molecular weight is 742 g/mol. The van der Waals surface area contributed by atoms with Crippen LogP contribution in [0.4, 0.5) is 0 Å². The van der Waals surface area contributed by atoms with Gasteiger partial charge in [0.25, 0.3) is 11.8 Å².